The van der Waals surface area contributed by atoms with Crippen LogP contribution in [0.25, 0.3) is 0 Å². The Labute approximate surface area is 125 Å². The minimum absolute atomic E-state index is 0.159. The van der Waals surface area contributed by atoms with Gasteiger partial charge in [-0.2, -0.15) is 0 Å². The Hall–Kier alpha value is -1.17. The molecule has 116 valence electrons. The molecule has 0 amide bonds. The molecule has 21 heavy (non-hydrogen) atoms. The molecule has 1 N–H and O–H groups in total. The average molecular weight is 293 g/mol. The van der Waals surface area contributed by atoms with Crippen LogP contribution < -0.4 is 10.2 Å². The second kappa shape index (κ2) is 6.73. The van der Waals surface area contributed by atoms with Crippen LogP contribution in [-0.4, -0.2) is 57.4 Å². The quantitative estimate of drug-likeness (QED) is 0.917. The van der Waals surface area contributed by atoms with Crippen molar-refractivity contribution in [2.75, 3.05) is 57.4 Å². The fourth-order valence-electron chi connectivity index (χ4n) is 3.21. The normalized spacial score (nSPS) is 22.3. The van der Waals surface area contributed by atoms with Crippen molar-refractivity contribution in [1.82, 2.24) is 10.2 Å². The van der Waals surface area contributed by atoms with Crippen molar-refractivity contribution in [2.45, 2.75) is 13.0 Å². The highest BCUT2D eigenvalue weighted by atomic mass is 19.1. The van der Waals surface area contributed by atoms with E-state index in [2.05, 4.69) is 22.0 Å². The Morgan fingerprint density at radius 1 is 1.14 bits per heavy atom. The fourth-order valence-corrected chi connectivity index (χ4v) is 3.21. The molecule has 2 aliphatic rings. The number of morpholine rings is 1. The Bertz CT molecular complexity index is 471. The second-order valence-corrected chi connectivity index (χ2v) is 5.76. The third kappa shape index (κ3) is 3.36. The lowest BCUT2D eigenvalue weighted by molar-refractivity contribution is 0.122. The van der Waals surface area contributed by atoms with E-state index in [1.165, 1.54) is 5.56 Å². The summed E-state index contributed by atoms with van der Waals surface area (Å²) in [7, 11) is 0. The summed E-state index contributed by atoms with van der Waals surface area (Å²) < 4.78 is 19.1. The van der Waals surface area contributed by atoms with Crippen molar-refractivity contribution in [2.24, 2.45) is 0 Å². The van der Waals surface area contributed by atoms with Gasteiger partial charge in [-0.25, -0.2) is 4.39 Å². The van der Waals surface area contributed by atoms with Crippen LogP contribution in [0.2, 0.25) is 0 Å². The SMILES string of the molecule is CC(c1ccc(F)cc1N1CCOCC1)N1CCNCC1. The average Bonchev–Trinajstić information content (AvgIpc) is 2.56. The Morgan fingerprint density at radius 2 is 1.86 bits per heavy atom. The van der Waals surface area contributed by atoms with Gasteiger partial charge in [-0.05, 0) is 24.6 Å². The number of nitrogens with one attached hydrogen (secondary N) is 1. The van der Waals surface area contributed by atoms with E-state index in [9.17, 15) is 4.39 Å². The smallest absolute Gasteiger partial charge is 0.125 e. The van der Waals surface area contributed by atoms with Gasteiger partial charge in [0, 0.05) is 51.0 Å². The summed E-state index contributed by atoms with van der Waals surface area (Å²) in [5, 5.41) is 3.38. The van der Waals surface area contributed by atoms with Crippen LogP contribution in [0.15, 0.2) is 18.2 Å². The fraction of sp³-hybridized carbons (Fsp3) is 0.625. The zero-order valence-corrected chi connectivity index (χ0v) is 12.6. The molecule has 2 aliphatic heterocycles. The predicted octanol–water partition coefficient (Wildman–Crippen LogP) is 1.63. The largest absolute Gasteiger partial charge is 0.378 e. The summed E-state index contributed by atoms with van der Waals surface area (Å²) >= 11 is 0. The van der Waals surface area contributed by atoms with Gasteiger partial charge in [0.15, 0.2) is 0 Å². The van der Waals surface area contributed by atoms with Crippen LogP contribution in [0.5, 0.6) is 0 Å². The summed E-state index contributed by atoms with van der Waals surface area (Å²) in [6.07, 6.45) is 0. The molecule has 0 aliphatic carbocycles. The van der Waals surface area contributed by atoms with Crippen LogP contribution in [0, 0.1) is 5.82 Å². The highest BCUT2D eigenvalue weighted by Gasteiger charge is 2.23. The van der Waals surface area contributed by atoms with E-state index in [1.807, 2.05) is 6.07 Å². The van der Waals surface area contributed by atoms with Crippen LogP contribution in [0.3, 0.4) is 0 Å². The summed E-state index contributed by atoms with van der Waals surface area (Å²) in [6.45, 7) is 9.48. The highest BCUT2D eigenvalue weighted by Crippen LogP contribution is 2.31. The molecule has 0 saturated carbocycles. The molecular formula is C16H24FN3O. The standard InChI is InChI=1S/C16H24FN3O/c1-13(19-6-4-18-5-7-19)15-3-2-14(17)12-16(15)20-8-10-21-11-9-20/h2-3,12-13,18H,4-11H2,1H3. The molecule has 0 radical (unpaired) electrons. The zero-order valence-electron chi connectivity index (χ0n) is 12.6. The number of rotatable bonds is 3. The summed E-state index contributed by atoms with van der Waals surface area (Å²) in [4.78, 5) is 4.72. The summed E-state index contributed by atoms with van der Waals surface area (Å²) in [5.74, 6) is -0.159. The molecule has 3 rings (SSSR count). The lowest BCUT2D eigenvalue weighted by atomic mass is 10.0. The first-order valence-electron chi connectivity index (χ1n) is 7.82. The second-order valence-electron chi connectivity index (χ2n) is 5.76. The molecule has 1 aromatic rings. The van der Waals surface area contributed by atoms with Gasteiger partial charge < -0.3 is 15.0 Å². The predicted molar refractivity (Wildman–Crippen MR) is 82.3 cm³/mol. The zero-order chi connectivity index (χ0) is 14.7. The Kier molecular flexibility index (Phi) is 4.73. The van der Waals surface area contributed by atoms with Gasteiger partial charge >= 0.3 is 0 Å². The van der Waals surface area contributed by atoms with Gasteiger partial charge in [0.05, 0.1) is 13.2 Å². The minimum Gasteiger partial charge on any atom is -0.378 e. The van der Waals surface area contributed by atoms with E-state index in [0.29, 0.717) is 6.04 Å². The van der Waals surface area contributed by atoms with Crippen molar-refractivity contribution in [1.29, 1.82) is 0 Å². The van der Waals surface area contributed by atoms with Crippen molar-refractivity contribution >= 4 is 5.69 Å². The molecule has 5 heteroatoms. The summed E-state index contributed by atoms with van der Waals surface area (Å²) in [5.41, 5.74) is 2.25. The molecule has 0 bridgehead atoms. The van der Waals surface area contributed by atoms with Gasteiger partial charge in [-0.3, -0.25) is 4.90 Å². The number of nitrogens with zero attached hydrogens (tertiary/aromatic N) is 2. The van der Waals surface area contributed by atoms with Gasteiger partial charge in [-0.15, -0.1) is 0 Å². The first-order valence-corrected chi connectivity index (χ1v) is 7.82. The first-order chi connectivity index (χ1) is 10.3. The number of ether oxygens (including phenoxy) is 1. The lowest BCUT2D eigenvalue weighted by Gasteiger charge is -2.37. The lowest BCUT2D eigenvalue weighted by Crippen LogP contribution is -2.45. The van der Waals surface area contributed by atoms with Gasteiger partial charge in [-0.1, -0.05) is 6.07 Å². The number of piperazine rings is 1. The molecule has 2 fully saturated rings. The van der Waals surface area contributed by atoms with Crippen molar-refractivity contribution in [3.8, 4) is 0 Å². The molecule has 2 heterocycles. The highest BCUT2D eigenvalue weighted by molar-refractivity contribution is 5.55. The van der Waals surface area contributed by atoms with Gasteiger partial charge in [0.1, 0.15) is 5.82 Å². The molecule has 1 aromatic carbocycles. The van der Waals surface area contributed by atoms with E-state index in [4.69, 9.17) is 4.74 Å². The van der Waals surface area contributed by atoms with E-state index >= 15 is 0 Å². The Morgan fingerprint density at radius 3 is 2.57 bits per heavy atom. The topological polar surface area (TPSA) is 27.7 Å². The molecular weight excluding hydrogens is 269 g/mol. The summed E-state index contributed by atoms with van der Waals surface area (Å²) in [6, 6.07) is 5.52. The maximum Gasteiger partial charge on any atom is 0.125 e. The first kappa shape index (κ1) is 14.8. The van der Waals surface area contributed by atoms with Gasteiger partial charge in [0.2, 0.25) is 0 Å². The molecule has 1 atom stereocenters. The van der Waals surface area contributed by atoms with Gasteiger partial charge in [0.25, 0.3) is 0 Å². The molecule has 1 unspecified atom stereocenters. The third-order valence-corrected chi connectivity index (χ3v) is 4.49. The molecule has 0 spiro atoms. The van der Waals surface area contributed by atoms with E-state index in [1.54, 1.807) is 12.1 Å². The third-order valence-electron chi connectivity index (χ3n) is 4.49. The maximum atomic E-state index is 13.7. The Balaban J connectivity index is 1.85. The van der Waals surface area contributed by atoms with E-state index in [-0.39, 0.29) is 5.82 Å². The van der Waals surface area contributed by atoms with Crippen molar-refractivity contribution in [3.05, 3.63) is 29.6 Å². The number of hydrogen-bond donors (Lipinski definition) is 1. The number of anilines is 1. The maximum absolute atomic E-state index is 13.7. The number of halogens is 1. The monoisotopic (exact) mass is 293 g/mol. The van der Waals surface area contributed by atoms with Crippen molar-refractivity contribution in [3.63, 3.8) is 0 Å². The van der Waals surface area contributed by atoms with E-state index in [0.717, 1.165) is 58.2 Å². The minimum atomic E-state index is -0.159. The van der Waals surface area contributed by atoms with Crippen molar-refractivity contribution < 1.29 is 9.13 Å². The van der Waals surface area contributed by atoms with Crippen LogP contribution in [0.4, 0.5) is 10.1 Å². The van der Waals surface area contributed by atoms with Crippen LogP contribution in [-0.2, 0) is 4.74 Å². The van der Waals surface area contributed by atoms with Crippen LogP contribution >= 0.6 is 0 Å². The van der Waals surface area contributed by atoms with Crippen LogP contribution in [0.1, 0.15) is 18.5 Å². The molecule has 2 saturated heterocycles. The molecule has 0 aromatic heterocycles. The number of benzene rings is 1. The number of hydrogen-bond acceptors (Lipinski definition) is 4. The molecule has 4 nitrogen and oxygen atoms in total. The van der Waals surface area contributed by atoms with E-state index < -0.39 is 0 Å².